The molecule has 0 unspecified atom stereocenters. The molecule has 0 aromatic heterocycles. The van der Waals surface area contributed by atoms with Gasteiger partial charge in [-0.1, -0.05) is 17.3 Å². The lowest BCUT2D eigenvalue weighted by atomic mass is 10.1. The van der Waals surface area contributed by atoms with Crippen LogP contribution in [0.3, 0.4) is 0 Å². The van der Waals surface area contributed by atoms with Gasteiger partial charge in [0.1, 0.15) is 5.75 Å². The number of phenolic OH excluding ortho intramolecular Hbond substituents is 1. The summed E-state index contributed by atoms with van der Waals surface area (Å²) in [4.78, 5) is 13.1. The first-order valence-electron chi connectivity index (χ1n) is 5.01. The Balaban J connectivity index is 2.60. The second-order valence-electron chi connectivity index (χ2n) is 3.69. The number of amidine groups is 1. The van der Waals surface area contributed by atoms with Crippen molar-refractivity contribution in [3.63, 3.8) is 0 Å². The number of phenols is 1. The number of amides is 1. The molecule has 0 atom stereocenters. The number of aromatic hydroxyl groups is 1. The van der Waals surface area contributed by atoms with Crippen LogP contribution in [0.2, 0.25) is 0 Å². The Morgan fingerprint density at radius 2 is 2.24 bits per heavy atom. The molecule has 0 aliphatic carbocycles. The number of nitrogens with zero attached hydrogens (tertiary/aromatic N) is 2. The fourth-order valence-corrected chi connectivity index (χ4v) is 1.34. The Bertz CT molecular complexity index is 432. The van der Waals surface area contributed by atoms with Gasteiger partial charge < -0.3 is 20.9 Å². The third-order valence-corrected chi connectivity index (χ3v) is 2.22. The van der Waals surface area contributed by atoms with Gasteiger partial charge in [0.2, 0.25) is 5.91 Å². The molecule has 6 heteroatoms. The summed E-state index contributed by atoms with van der Waals surface area (Å²) >= 11 is 0. The molecule has 0 radical (unpaired) electrons. The number of carbonyl (C=O) groups is 1. The molecular formula is C11H15N3O3. The van der Waals surface area contributed by atoms with Gasteiger partial charge in [-0.25, -0.2) is 0 Å². The van der Waals surface area contributed by atoms with Crippen LogP contribution >= 0.6 is 0 Å². The molecule has 1 aromatic rings. The second-order valence-corrected chi connectivity index (χ2v) is 3.69. The molecule has 0 aliphatic heterocycles. The molecule has 6 nitrogen and oxygen atoms in total. The summed E-state index contributed by atoms with van der Waals surface area (Å²) in [7, 11) is 1.56. The first kappa shape index (κ1) is 12.8. The highest BCUT2D eigenvalue weighted by Gasteiger charge is 2.11. The number of oxime groups is 1. The van der Waals surface area contributed by atoms with E-state index in [0.29, 0.717) is 5.56 Å². The molecule has 0 aliphatic rings. The van der Waals surface area contributed by atoms with E-state index in [1.54, 1.807) is 19.2 Å². The van der Waals surface area contributed by atoms with Gasteiger partial charge in [0.25, 0.3) is 0 Å². The lowest BCUT2D eigenvalue weighted by molar-refractivity contribution is -0.128. The van der Waals surface area contributed by atoms with Gasteiger partial charge >= 0.3 is 0 Å². The highest BCUT2D eigenvalue weighted by atomic mass is 16.4. The summed E-state index contributed by atoms with van der Waals surface area (Å²) in [6.07, 6.45) is 0.156. The molecule has 1 aromatic carbocycles. The van der Waals surface area contributed by atoms with Crippen molar-refractivity contribution in [3.8, 4) is 5.75 Å². The number of benzene rings is 1. The number of likely N-dealkylation sites (N-methyl/N-ethyl adjacent to an activating group) is 1. The number of hydrogen-bond acceptors (Lipinski definition) is 4. The van der Waals surface area contributed by atoms with Gasteiger partial charge in [0.15, 0.2) is 5.84 Å². The van der Waals surface area contributed by atoms with Crippen LogP contribution in [0.4, 0.5) is 0 Å². The first-order chi connectivity index (χ1) is 8.02. The minimum absolute atomic E-state index is 0.0308. The van der Waals surface area contributed by atoms with E-state index in [4.69, 9.17) is 10.9 Å². The summed E-state index contributed by atoms with van der Waals surface area (Å²) < 4.78 is 0. The maximum Gasteiger partial charge on any atom is 0.227 e. The third-order valence-electron chi connectivity index (χ3n) is 2.22. The molecule has 92 valence electrons. The topological polar surface area (TPSA) is 99.1 Å². The maximum atomic E-state index is 11.7. The van der Waals surface area contributed by atoms with E-state index in [1.165, 1.54) is 17.0 Å². The van der Waals surface area contributed by atoms with Gasteiger partial charge in [-0.3, -0.25) is 4.79 Å². The molecule has 17 heavy (non-hydrogen) atoms. The minimum atomic E-state index is -0.179. The van der Waals surface area contributed by atoms with Crippen molar-refractivity contribution in [2.24, 2.45) is 10.9 Å². The van der Waals surface area contributed by atoms with Crippen molar-refractivity contribution in [1.29, 1.82) is 0 Å². The SMILES string of the molecule is CN(CC(N)=NO)C(=O)Cc1cccc(O)c1. The van der Waals surface area contributed by atoms with Gasteiger partial charge in [0.05, 0.1) is 13.0 Å². The summed E-state index contributed by atoms with van der Waals surface area (Å²) in [6.45, 7) is 0.0636. The second kappa shape index (κ2) is 5.74. The average molecular weight is 237 g/mol. The molecule has 1 rings (SSSR count). The highest BCUT2D eigenvalue weighted by Crippen LogP contribution is 2.11. The van der Waals surface area contributed by atoms with Crippen LogP contribution < -0.4 is 5.73 Å². The Morgan fingerprint density at radius 1 is 1.53 bits per heavy atom. The van der Waals surface area contributed by atoms with Crippen LogP contribution in [-0.4, -0.2) is 40.5 Å². The van der Waals surface area contributed by atoms with Crippen molar-refractivity contribution in [2.75, 3.05) is 13.6 Å². The van der Waals surface area contributed by atoms with Crippen LogP contribution in [0, 0.1) is 0 Å². The zero-order valence-electron chi connectivity index (χ0n) is 9.50. The minimum Gasteiger partial charge on any atom is -0.508 e. The van der Waals surface area contributed by atoms with Gasteiger partial charge in [-0.2, -0.15) is 0 Å². The average Bonchev–Trinajstić information content (AvgIpc) is 2.28. The number of hydrogen-bond donors (Lipinski definition) is 3. The standard InChI is InChI=1S/C11H15N3O3/c1-14(7-10(12)13-17)11(16)6-8-3-2-4-9(15)5-8/h2-5,15,17H,6-7H2,1H3,(H2,12,13). The fraction of sp³-hybridized carbons (Fsp3) is 0.273. The van der Waals surface area contributed by atoms with Crippen molar-refractivity contribution < 1.29 is 15.1 Å². The zero-order valence-corrected chi connectivity index (χ0v) is 9.50. The van der Waals surface area contributed by atoms with Crippen molar-refractivity contribution in [2.45, 2.75) is 6.42 Å². The predicted octanol–water partition coefficient (Wildman–Crippen LogP) is 0.140. The summed E-state index contributed by atoms with van der Waals surface area (Å²) in [5.74, 6) is -0.0895. The largest absolute Gasteiger partial charge is 0.508 e. The van der Waals surface area contributed by atoms with Gasteiger partial charge in [-0.15, -0.1) is 0 Å². The predicted molar refractivity (Wildman–Crippen MR) is 62.9 cm³/mol. The molecule has 0 heterocycles. The monoisotopic (exact) mass is 237 g/mol. The molecule has 0 saturated carbocycles. The smallest absolute Gasteiger partial charge is 0.227 e. The lowest BCUT2D eigenvalue weighted by Gasteiger charge is -2.16. The van der Waals surface area contributed by atoms with Crippen LogP contribution in [0.15, 0.2) is 29.4 Å². The number of nitrogens with two attached hydrogens (primary N) is 1. The van der Waals surface area contributed by atoms with Gasteiger partial charge in [-0.05, 0) is 17.7 Å². The van der Waals surface area contributed by atoms with Crippen molar-refractivity contribution >= 4 is 11.7 Å². The van der Waals surface area contributed by atoms with E-state index in [9.17, 15) is 9.90 Å². The van der Waals surface area contributed by atoms with Crippen molar-refractivity contribution in [1.82, 2.24) is 4.90 Å². The Hall–Kier alpha value is -2.24. The normalized spacial score (nSPS) is 11.2. The van der Waals surface area contributed by atoms with E-state index < -0.39 is 0 Å². The Kier molecular flexibility index (Phi) is 4.33. The van der Waals surface area contributed by atoms with E-state index in [0.717, 1.165) is 0 Å². The summed E-state index contributed by atoms with van der Waals surface area (Å²) in [5.41, 5.74) is 6.00. The molecule has 0 bridgehead atoms. The fourth-order valence-electron chi connectivity index (χ4n) is 1.34. The van der Waals surface area contributed by atoms with Crippen LogP contribution in [0.25, 0.3) is 0 Å². The van der Waals surface area contributed by atoms with Crippen molar-refractivity contribution in [3.05, 3.63) is 29.8 Å². The number of carbonyl (C=O) groups excluding carboxylic acids is 1. The molecular weight excluding hydrogens is 222 g/mol. The van der Waals surface area contributed by atoms with Gasteiger partial charge in [0, 0.05) is 7.05 Å². The Labute approximate surface area is 99.0 Å². The lowest BCUT2D eigenvalue weighted by Crippen LogP contribution is -2.36. The van der Waals surface area contributed by atoms with Crippen LogP contribution in [0.1, 0.15) is 5.56 Å². The van der Waals surface area contributed by atoms with E-state index >= 15 is 0 Å². The zero-order chi connectivity index (χ0) is 12.8. The highest BCUT2D eigenvalue weighted by molar-refractivity contribution is 5.87. The molecule has 0 spiro atoms. The van der Waals surface area contributed by atoms with E-state index in [1.807, 2.05) is 0 Å². The van der Waals surface area contributed by atoms with Crippen LogP contribution in [0.5, 0.6) is 5.75 Å². The Morgan fingerprint density at radius 3 is 2.82 bits per heavy atom. The van der Waals surface area contributed by atoms with Crippen LogP contribution in [-0.2, 0) is 11.2 Å². The first-order valence-corrected chi connectivity index (χ1v) is 5.01. The molecule has 1 amide bonds. The molecule has 0 fully saturated rings. The summed E-state index contributed by atoms with van der Waals surface area (Å²) in [6, 6.07) is 6.47. The molecule has 4 N–H and O–H groups in total. The maximum absolute atomic E-state index is 11.7. The third kappa shape index (κ3) is 4.02. The summed E-state index contributed by atoms with van der Waals surface area (Å²) in [5, 5.41) is 20.4. The number of rotatable bonds is 4. The molecule has 0 saturated heterocycles. The quantitative estimate of drug-likeness (QED) is 0.300. The van der Waals surface area contributed by atoms with E-state index in [2.05, 4.69) is 5.16 Å². The van der Waals surface area contributed by atoms with E-state index in [-0.39, 0.29) is 30.5 Å².